The Morgan fingerprint density at radius 1 is 1.27 bits per heavy atom. The standard InChI is InChI=1S/C8H5BrF5N/c9-3-4-1-2-5(8(12,13)14)6(15-4)7(10)11/h1-2,7H,3H2. The molecule has 0 saturated heterocycles. The van der Waals surface area contributed by atoms with E-state index in [1.54, 1.807) is 0 Å². The van der Waals surface area contributed by atoms with Crippen LogP contribution in [-0.4, -0.2) is 4.98 Å². The first-order chi connectivity index (χ1) is 6.86. The lowest BCUT2D eigenvalue weighted by Gasteiger charge is -2.12. The Balaban J connectivity index is 3.28. The van der Waals surface area contributed by atoms with Crippen molar-refractivity contribution in [2.75, 3.05) is 0 Å². The van der Waals surface area contributed by atoms with Gasteiger partial charge in [0, 0.05) is 5.33 Å². The van der Waals surface area contributed by atoms with Crippen LogP contribution in [0.1, 0.15) is 23.4 Å². The third-order valence-corrected chi connectivity index (χ3v) is 2.21. The second-order valence-corrected chi connectivity index (χ2v) is 3.23. The second kappa shape index (κ2) is 4.42. The molecule has 0 spiro atoms. The fraction of sp³-hybridized carbons (Fsp3) is 0.375. The van der Waals surface area contributed by atoms with Crippen LogP contribution in [0.25, 0.3) is 0 Å². The maximum atomic E-state index is 12.3. The molecule has 1 heterocycles. The molecule has 7 heteroatoms. The van der Waals surface area contributed by atoms with Gasteiger partial charge < -0.3 is 0 Å². The lowest BCUT2D eigenvalue weighted by molar-refractivity contribution is -0.139. The van der Waals surface area contributed by atoms with E-state index in [9.17, 15) is 22.0 Å². The van der Waals surface area contributed by atoms with Crippen LogP contribution in [0.3, 0.4) is 0 Å². The molecular formula is C8H5BrF5N. The summed E-state index contributed by atoms with van der Waals surface area (Å²) in [7, 11) is 0. The molecule has 0 bridgehead atoms. The number of halogens is 6. The second-order valence-electron chi connectivity index (χ2n) is 2.67. The molecule has 84 valence electrons. The van der Waals surface area contributed by atoms with Gasteiger partial charge in [-0.05, 0) is 12.1 Å². The molecule has 0 aliphatic rings. The van der Waals surface area contributed by atoms with Crippen molar-refractivity contribution in [1.29, 1.82) is 0 Å². The zero-order chi connectivity index (χ0) is 11.6. The summed E-state index contributed by atoms with van der Waals surface area (Å²) in [5.41, 5.74) is -2.47. The number of nitrogens with zero attached hydrogens (tertiary/aromatic N) is 1. The van der Waals surface area contributed by atoms with Crippen LogP contribution in [0.15, 0.2) is 12.1 Å². The van der Waals surface area contributed by atoms with Crippen molar-refractivity contribution in [3.63, 3.8) is 0 Å². The highest BCUT2D eigenvalue weighted by Crippen LogP contribution is 2.35. The Hall–Kier alpha value is -0.720. The summed E-state index contributed by atoms with van der Waals surface area (Å²) in [6, 6.07) is 1.68. The molecule has 0 unspecified atom stereocenters. The van der Waals surface area contributed by atoms with Gasteiger partial charge in [0.05, 0.1) is 11.3 Å². The van der Waals surface area contributed by atoms with Gasteiger partial charge >= 0.3 is 6.18 Å². The fourth-order valence-corrected chi connectivity index (χ4v) is 1.31. The Morgan fingerprint density at radius 3 is 2.27 bits per heavy atom. The van der Waals surface area contributed by atoms with E-state index in [2.05, 4.69) is 20.9 Å². The van der Waals surface area contributed by atoms with Gasteiger partial charge in [-0.25, -0.2) is 8.78 Å². The quantitative estimate of drug-likeness (QED) is 0.594. The van der Waals surface area contributed by atoms with E-state index < -0.39 is 23.9 Å². The van der Waals surface area contributed by atoms with Crippen LogP contribution in [0.4, 0.5) is 22.0 Å². The van der Waals surface area contributed by atoms with Crippen LogP contribution >= 0.6 is 15.9 Å². The van der Waals surface area contributed by atoms with Crippen molar-refractivity contribution in [3.8, 4) is 0 Å². The topological polar surface area (TPSA) is 12.9 Å². The van der Waals surface area contributed by atoms with Gasteiger partial charge in [-0.3, -0.25) is 4.98 Å². The molecule has 0 aliphatic carbocycles. The van der Waals surface area contributed by atoms with E-state index in [1.165, 1.54) is 0 Å². The maximum absolute atomic E-state index is 12.3. The smallest absolute Gasteiger partial charge is 0.250 e. The van der Waals surface area contributed by atoms with Crippen molar-refractivity contribution in [3.05, 3.63) is 29.1 Å². The summed E-state index contributed by atoms with van der Waals surface area (Å²) in [5.74, 6) is 0. The summed E-state index contributed by atoms with van der Waals surface area (Å²) in [6.45, 7) is 0. The highest BCUT2D eigenvalue weighted by molar-refractivity contribution is 9.08. The Bertz CT molecular complexity index is 349. The van der Waals surface area contributed by atoms with Gasteiger partial charge in [0.25, 0.3) is 6.43 Å². The van der Waals surface area contributed by atoms with Gasteiger partial charge in [0.1, 0.15) is 5.69 Å². The van der Waals surface area contributed by atoms with Gasteiger partial charge in [-0.2, -0.15) is 13.2 Å². The fourth-order valence-electron chi connectivity index (χ4n) is 0.998. The number of hydrogen-bond donors (Lipinski definition) is 0. The molecule has 0 radical (unpaired) electrons. The van der Waals surface area contributed by atoms with Crippen LogP contribution in [0.5, 0.6) is 0 Å². The zero-order valence-electron chi connectivity index (χ0n) is 7.15. The maximum Gasteiger partial charge on any atom is 0.418 e. The number of pyridine rings is 1. The average Bonchev–Trinajstić information content (AvgIpc) is 2.15. The first-order valence-corrected chi connectivity index (χ1v) is 4.89. The minimum atomic E-state index is -4.80. The summed E-state index contributed by atoms with van der Waals surface area (Å²) in [4.78, 5) is 3.24. The third kappa shape index (κ3) is 2.87. The minimum Gasteiger partial charge on any atom is -0.250 e. The molecule has 1 aromatic rings. The van der Waals surface area contributed by atoms with Crippen LogP contribution in [-0.2, 0) is 11.5 Å². The van der Waals surface area contributed by atoms with Crippen LogP contribution < -0.4 is 0 Å². The van der Waals surface area contributed by atoms with Gasteiger partial charge in [-0.15, -0.1) is 0 Å². The van der Waals surface area contributed by atoms with Crippen molar-refractivity contribution >= 4 is 15.9 Å². The molecule has 0 aliphatic heterocycles. The molecule has 15 heavy (non-hydrogen) atoms. The van der Waals surface area contributed by atoms with E-state index in [4.69, 9.17) is 0 Å². The van der Waals surface area contributed by atoms with Crippen LogP contribution in [0.2, 0.25) is 0 Å². The van der Waals surface area contributed by atoms with E-state index in [0.29, 0.717) is 6.07 Å². The lowest BCUT2D eigenvalue weighted by Crippen LogP contribution is -2.12. The third-order valence-electron chi connectivity index (χ3n) is 1.63. The van der Waals surface area contributed by atoms with Gasteiger partial charge in [0.15, 0.2) is 0 Å². The zero-order valence-corrected chi connectivity index (χ0v) is 8.74. The Kier molecular flexibility index (Phi) is 3.64. The summed E-state index contributed by atoms with van der Waals surface area (Å²) < 4.78 is 61.4. The minimum absolute atomic E-state index is 0.130. The largest absolute Gasteiger partial charge is 0.418 e. The van der Waals surface area contributed by atoms with Crippen molar-refractivity contribution < 1.29 is 22.0 Å². The van der Waals surface area contributed by atoms with Crippen molar-refractivity contribution in [1.82, 2.24) is 4.98 Å². The highest BCUT2D eigenvalue weighted by atomic mass is 79.9. The molecular weight excluding hydrogens is 285 g/mol. The number of hydrogen-bond acceptors (Lipinski definition) is 1. The van der Waals surface area contributed by atoms with Crippen LogP contribution in [0, 0.1) is 0 Å². The summed E-state index contributed by atoms with van der Waals surface area (Å²) >= 11 is 2.93. The van der Waals surface area contributed by atoms with E-state index >= 15 is 0 Å². The SMILES string of the molecule is FC(F)c1nc(CBr)ccc1C(F)(F)F. The van der Waals surface area contributed by atoms with E-state index in [0.717, 1.165) is 6.07 Å². The molecule has 0 saturated carbocycles. The van der Waals surface area contributed by atoms with Gasteiger partial charge in [0.2, 0.25) is 0 Å². The molecule has 1 aromatic heterocycles. The van der Waals surface area contributed by atoms with E-state index in [-0.39, 0.29) is 11.0 Å². The number of rotatable bonds is 2. The molecule has 0 amide bonds. The normalized spacial score (nSPS) is 12.2. The lowest BCUT2D eigenvalue weighted by atomic mass is 10.1. The first kappa shape index (κ1) is 12.4. The van der Waals surface area contributed by atoms with E-state index in [1.807, 2.05) is 0 Å². The highest BCUT2D eigenvalue weighted by Gasteiger charge is 2.36. The molecule has 0 fully saturated rings. The molecule has 0 aromatic carbocycles. The molecule has 0 atom stereocenters. The average molecular weight is 290 g/mol. The molecule has 0 N–H and O–H groups in total. The summed E-state index contributed by atoms with van der Waals surface area (Å²) in [6.07, 6.45) is -8.04. The predicted octanol–water partition coefficient (Wildman–Crippen LogP) is 3.93. The first-order valence-electron chi connectivity index (χ1n) is 3.77. The Morgan fingerprint density at radius 2 is 1.87 bits per heavy atom. The number of aromatic nitrogens is 1. The van der Waals surface area contributed by atoms with Crippen molar-refractivity contribution in [2.24, 2.45) is 0 Å². The molecule has 1 rings (SSSR count). The summed E-state index contributed by atoms with van der Waals surface area (Å²) in [5, 5.41) is 0.130. The number of alkyl halides is 6. The van der Waals surface area contributed by atoms with Gasteiger partial charge in [-0.1, -0.05) is 15.9 Å². The predicted molar refractivity (Wildman–Crippen MR) is 46.8 cm³/mol. The molecule has 1 nitrogen and oxygen atoms in total. The Labute approximate surface area is 90.4 Å². The van der Waals surface area contributed by atoms with Crippen molar-refractivity contribution in [2.45, 2.75) is 17.9 Å². The monoisotopic (exact) mass is 289 g/mol.